The highest BCUT2D eigenvalue weighted by atomic mass is 16.5. The molecule has 2 amide bonds. The Balaban J connectivity index is 2.10. The molecule has 0 aliphatic carbocycles. The SMILES string of the molecule is Cc1ccc(C)c(NC(=O)N2CCOCC2CC(=O)O)c1. The van der Waals surface area contributed by atoms with Crippen molar-refractivity contribution in [2.75, 3.05) is 25.1 Å². The summed E-state index contributed by atoms with van der Waals surface area (Å²) in [5.41, 5.74) is 2.78. The van der Waals surface area contributed by atoms with Crippen LogP contribution in [0.3, 0.4) is 0 Å². The Morgan fingerprint density at radius 3 is 2.90 bits per heavy atom. The van der Waals surface area contributed by atoms with E-state index < -0.39 is 12.0 Å². The Kier molecular flexibility index (Phi) is 4.80. The number of aliphatic carboxylic acids is 1. The van der Waals surface area contributed by atoms with Crippen molar-refractivity contribution in [3.8, 4) is 0 Å². The molecule has 6 heteroatoms. The first-order valence-electron chi connectivity index (χ1n) is 6.92. The molecule has 0 bridgehead atoms. The Hall–Kier alpha value is -2.08. The number of hydrogen-bond acceptors (Lipinski definition) is 3. The molecule has 1 aliphatic heterocycles. The van der Waals surface area contributed by atoms with Crippen LogP contribution in [-0.2, 0) is 9.53 Å². The predicted octanol–water partition coefficient (Wildman–Crippen LogP) is 2.01. The maximum Gasteiger partial charge on any atom is 0.322 e. The van der Waals surface area contributed by atoms with E-state index in [0.29, 0.717) is 13.2 Å². The third kappa shape index (κ3) is 3.95. The zero-order chi connectivity index (χ0) is 15.4. The van der Waals surface area contributed by atoms with Crippen LogP contribution in [0.4, 0.5) is 10.5 Å². The number of benzene rings is 1. The van der Waals surface area contributed by atoms with E-state index in [2.05, 4.69) is 5.32 Å². The van der Waals surface area contributed by atoms with E-state index >= 15 is 0 Å². The van der Waals surface area contributed by atoms with Crippen LogP contribution < -0.4 is 5.32 Å². The number of hydrogen-bond donors (Lipinski definition) is 2. The molecule has 0 spiro atoms. The van der Waals surface area contributed by atoms with Crippen LogP contribution in [-0.4, -0.2) is 47.8 Å². The van der Waals surface area contributed by atoms with Crippen molar-refractivity contribution in [2.24, 2.45) is 0 Å². The molecule has 1 aromatic rings. The molecule has 21 heavy (non-hydrogen) atoms. The summed E-state index contributed by atoms with van der Waals surface area (Å²) in [4.78, 5) is 24.8. The van der Waals surface area contributed by atoms with E-state index in [1.54, 1.807) is 4.90 Å². The highest BCUT2D eigenvalue weighted by molar-refractivity contribution is 5.90. The normalized spacial score (nSPS) is 18.4. The fourth-order valence-corrected chi connectivity index (χ4v) is 2.35. The van der Waals surface area contributed by atoms with E-state index in [-0.39, 0.29) is 19.1 Å². The van der Waals surface area contributed by atoms with Gasteiger partial charge in [-0.25, -0.2) is 4.79 Å². The number of ether oxygens (including phenoxy) is 1. The lowest BCUT2D eigenvalue weighted by Gasteiger charge is -2.34. The minimum absolute atomic E-state index is 0.111. The molecule has 1 heterocycles. The first kappa shape index (κ1) is 15.3. The van der Waals surface area contributed by atoms with Crippen LogP contribution in [0.25, 0.3) is 0 Å². The first-order chi connectivity index (χ1) is 9.97. The summed E-state index contributed by atoms with van der Waals surface area (Å²) in [5, 5.41) is 11.8. The summed E-state index contributed by atoms with van der Waals surface area (Å²) in [6.07, 6.45) is -0.111. The molecular formula is C15H20N2O4. The Morgan fingerprint density at radius 2 is 2.19 bits per heavy atom. The van der Waals surface area contributed by atoms with Gasteiger partial charge in [0.2, 0.25) is 0 Å². The van der Waals surface area contributed by atoms with Crippen molar-refractivity contribution >= 4 is 17.7 Å². The number of morpholine rings is 1. The Labute approximate surface area is 123 Å². The van der Waals surface area contributed by atoms with Gasteiger partial charge in [0.05, 0.1) is 25.7 Å². The van der Waals surface area contributed by atoms with E-state index in [4.69, 9.17) is 9.84 Å². The highest BCUT2D eigenvalue weighted by Crippen LogP contribution is 2.19. The van der Waals surface area contributed by atoms with Gasteiger partial charge in [-0.1, -0.05) is 12.1 Å². The molecule has 1 aliphatic rings. The molecule has 6 nitrogen and oxygen atoms in total. The van der Waals surface area contributed by atoms with E-state index in [1.165, 1.54) is 0 Å². The quantitative estimate of drug-likeness (QED) is 0.893. The fourth-order valence-electron chi connectivity index (χ4n) is 2.35. The third-order valence-electron chi connectivity index (χ3n) is 3.53. The molecular weight excluding hydrogens is 272 g/mol. The lowest BCUT2D eigenvalue weighted by atomic mass is 10.1. The number of carbonyl (C=O) groups excluding carboxylic acids is 1. The molecule has 0 radical (unpaired) electrons. The zero-order valence-electron chi connectivity index (χ0n) is 12.3. The second-order valence-electron chi connectivity index (χ2n) is 5.27. The van der Waals surface area contributed by atoms with E-state index in [0.717, 1.165) is 16.8 Å². The number of urea groups is 1. The lowest BCUT2D eigenvalue weighted by Crippen LogP contribution is -2.51. The van der Waals surface area contributed by atoms with Gasteiger partial charge in [0.1, 0.15) is 0 Å². The van der Waals surface area contributed by atoms with Crippen LogP contribution in [0, 0.1) is 13.8 Å². The summed E-state index contributed by atoms with van der Waals surface area (Å²) in [7, 11) is 0. The number of nitrogens with zero attached hydrogens (tertiary/aromatic N) is 1. The predicted molar refractivity (Wildman–Crippen MR) is 78.5 cm³/mol. The average Bonchev–Trinajstić information content (AvgIpc) is 2.42. The number of carbonyl (C=O) groups is 2. The number of aryl methyl sites for hydroxylation is 2. The number of carboxylic acid groups (broad SMARTS) is 1. The number of nitrogens with one attached hydrogen (secondary N) is 1. The molecule has 0 aromatic heterocycles. The minimum atomic E-state index is -0.935. The molecule has 114 valence electrons. The Bertz CT molecular complexity index is 544. The van der Waals surface area contributed by atoms with E-state index in [1.807, 2.05) is 32.0 Å². The summed E-state index contributed by atoms with van der Waals surface area (Å²) >= 11 is 0. The first-order valence-corrected chi connectivity index (χ1v) is 6.92. The number of rotatable bonds is 3. The summed E-state index contributed by atoms with van der Waals surface area (Å²) in [6, 6.07) is 5.12. The summed E-state index contributed by atoms with van der Waals surface area (Å²) in [5.74, 6) is -0.935. The molecule has 1 atom stereocenters. The maximum atomic E-state index is 12.4. The third-order valence-corrected chi connectivity index (χ3v) is 3.53. The van der Waals surface area contributed by atoms with Crippen molar-refractivity contribution < 1.29 is 19.4 Å². The average molecular weight is 292 g/mol. The van der Waals surface area contributed by atoms with Crippen LogP contribution in [0.15, 0.2) is 18.2 Å². The fraction of sp³-hybridized carbons (Fsp3) is 0.467. The van der Waals surface area contributed by atoms with Crippen molar-refractivity contribution in [3.63, 3.8) is 0 Å². The molecule has 1 fully saturated rings. The van der Waals surface area contributed by atoms with Crippen molar-refractivity contribution in [3.05, 3.63) is 29.3 Å². The molecule has 1 saturated heterocycles. The van der Waals surface area contributed by atoms with Crippen LogP contribution in [0.5, 0.6) is 0 Å². The van der Waals surface area contributed by atoms with E-state index in [9.17, 15) is 9.59 Å². The van der Waals surface area contributed by atoms with Crippen LogP contribution in [0.2, 0.25) is 0 Å². The van der Waals surface area contributed by atoms with Gasteiger partial charge in [-0.3, -0.25) is 4.79 Å². The Morgan fingerprint density at radius 1 is 1.43 bits per heavy atom. The van der Waals surface area contributed by atoms with Gasteiger partial charge in [-0.15, -0.1) is 0 Å². The van der Waals surface area contributed by atoms with Gasteiger partial charge >= 0.3 is 12.0 Å². The molecule has 2 rings (SSSR count). The molecule has 2 N–H and O–H groups in total. The lowest BCUT2D eigenvalue weighted by molar-refractivity contribution is -0.139. The smallest absolute Gasteiger partial charge is 0.322 e. The summed E-state index contributed by atoms with van der Waals surface area (Å²) < 4.78 is 5.27. The number of anilines is 1. The molecule has 1 aromatic carbocycles. The van der Waals surface area contributed by atoms with Crippen molar-refractivity contribution in [1.82, 2.24) is 4.90 Å². The standard InChI is InChI=1S/C15H20N2O4/c1-10-3-4-11(2)13(7-10)16-15(20)17-5-6-21-9-12(17)8-14(18)19/h3-4,7,12H,5-6,8-9H2,1-2H3,(H,16,20)(H,18,19). The van der Waals surface area contributed by atoms with Crippen LogP contribution in [0.1, 0.15) is 17.5 Å². The van der Waals surface area contributed by atoms with Gasteiger partial charge in [-0.05, 0) is 31.0 Å². The highest BCUT2D eigenvalue weighted by Gasteiger charge is 2.29. The topological polar surface area (TPSA) is 78.9 Å². The molecule has 1 unspecified atom stereocenters. The summed E-state index contributed by atoms with van der Waals surface area (Å²) in [6.45, 7) is 4.96. The van der Waals surface area contributed by atoms with Crippen molar-refractivity contribution in [1.29, 1.82) is 0 Å². The second-order valence-corrected chi connectivity index (χ2v) is 5.27. The van der Waals surface area contributed by atoms with Gasteiger partial charge < -0.3 is 20.1 Å². The van der Waals surface area contributed by atoms with Crippen molar-refractivity contribution in [2.45, 2.75) is 26.3 Å². The molecule has 0 saturated carbocycles. The van der Waals surface area contributed by atoms with Crippen LogP contribution >= 0.6 is 0 Å². The number of amides is 2. The van der Waals surface area contributed by atoms with Gasteiger partial charge in [-0.2, -0.15) is 0 Å². The zero-order valence-corrected chi connectivity index (χ0v) is 12.3. The monoisotopic (exact) mass is 292 g/mol. The number of carboxylic acids is 1. The van der Waals surface area contributed by atoms with Gasteiger partial charge in [0.25, 0.3) is 0 Å². The van der Waals surface area contributed by atoms with Gasteiger partial charge in [0.15, 0.2) is 0 Å². The largest absolute Gasteiger partial charge is 0.481 e. The minimum Gasteiger partial charge on any atom is -0.481 e. The second kappa shape index (κ2) is 6.58. The van der Waals surface area contributed by atoms with Gasteiger partial charge in [0, 0.05) is 12.2 Å². The maximum absolute atomic E-state index is 12.4.